The van der Waals surface area contributed by atoms with Crippen molar-refractivity contribution in [2.45, 2.75) is 5.92 Å². The highest BCUT2D eigenvalue weighted by Crippen LogP contribution is 2.52. The van der Waals surface area contributed by atoms with Crippen LogP contribution in [0.4, 0.5) is 0 Å². The van der Waals surface area contributed by atoms with Crippen molar-refractivity contribution in [1.29, 1.82) is 0 Å². The molecule has 0 saturated heterocycles. The first-order chi connectivity index (χ1) is 19.1. The van der Waals surface area contributed by atoms with Crippen molar-refractivity contribution < 1.29 is 14.2 Å². The van der Waals surface area contributed by atoms with E-state index >= 15 is 0 Å². The first kappa shape index (κ1) is 24.4. The average molecular weight is 525 g/mol. The van der Waals surface area contributed by atoms with Gasteiger partial charge >= 0.3 is 0 Å². The lowest BCUT2D eigenvalue weighted by Gasteiger charge is -2.29. The molecule has 0 aliphatic carbocycles. The Labute approximate surface area is 232 Å². The third-order valence-electron chi connectivity index (χ3n) is 6.70. The van der Waals surface area contributed by atoms with Gasteiger partial charge in [0.2, 0.25) is 0 Å². The molecule has 1 atom stereocenters. The highest BCUT2D eigenvalue weighted by molar-refractivity contribution is 7.19. The summed E-state index contributed by atoms with van der Waals surface area (Å²) in [7, 11) is 0. The van der Waals surface area contributed by atoms with E-state index in [1.165, 1.54) is 15.0 Å². The summed E-state index contributed by atoms with van der Waals surface area (Å²) in [6, 6.07) is 27.2. The normalized spacial score (nSPS) is 13.7. The van der Waals surface area contributed by atoms with Crippen LogP contribution in [-0.2, 0) is 4.74 Å². The van der Waals surface area contributed by atoms with Gasteiger partial charge in [0.05, 0.1) is 5.92 Å². The molecule has 1 aromatic heterocycles. The summed E-state index contributed by atoms with van der Waals surface area (Å²) < 4.78 is 19.0. The second-order valence-corrected chi connectivity index (χ2v) is 10.3. The smallest absolute Gasteiger partial charge is 0.148 e. The van der Waals surface area contributed by atoms with Crippen LogP contribution in [0, 0.1) is 24.7 Å². The third-order valence-corrected chi connectivity index (χ3v) is 7.88. The van der Waals surface area contributed by atoms with Gasteiger partial charge in [-0.2, -0.15) is 0 Å². The lowest BCUT2D eigenvalue weighted by molar-refractivity contribution is 0.270. The maximum atomic E-state index is 6.51. The van der Waals surface area contributed by atoms with E-state index in [0.717, 1.165) is 44.7 Å². The molecule has 0 saturated carbocycles. The van der Waals surface area contributed by atoms with Gasteiger partial charge in [0.25, 0.3) is 0 Å². The summed E-state index contributed by atoms with van der Waals surface area (Å²) in [5, 5.41) is 3.41. The lowest BCUT2D eigenvalue weighted by Crippen LogP contribution is -2.11. The second-order valence-electron chi connectivity index (χ2n) is 9.16. The average Bonchev–Trinajstić information content (AvgIpc) is 3.40. The molecule has 0 fully saturated rings. The van der Waals surface area contributed by atoms with Crippen molar-refractivity contribution in [3.8, 4) is 41.9 Å². The summed E-state index contributed by atoms with van der Waals surface area (Å²) in [6.45, 7) is 4.32. The van der Waals surface area contributed by atoms with E-state index < -0.39 is 0 Å². The van der Waals surface area contributed by atoms with Crippen molar-refractivity contribution >= 4 is 38.3 Å². The molecular weight excluding hydrogens is 500 g/mol. The van der Waals surface area contributed by atoms with Gasteiger partial charge in [-0.05, 0) is 70.3 Å². The molecule has 0 N–H and O–H groups in total. The van der Waals surface area contributed by atoms with E-state index in [9.17, 15) is 0 Å². The van der Waals surface area contributed by atoms with Crippen LogP contribution in [-0.4, -0.2) is 13.2 Å². The molecular formula is C35H24O3S. The molecule has 1 aliphatic heterocycles. The Balaban J connectivity index is 1.53. The summed E-state index contributed by atoms with van der Waals surface area (Å²) >= 11 is 1.81. The summed E-state index contributed by atoms with van der Waals surface area (Å²) in [5.41, 5.74) is 3.21. The minimum atomic E-state index is -0.0398. The first-order valence-corrected chi connectivity index (χ1v) is 13.3. The minimum absolute atomic E-state index is 0.0398. The van der Waals surface area contributed by atoms with Crippen molar-refractivity contribution in [2.75, 3.05) is 13.2 Å². The Bertz CT molecular complexity index is 1810. The molecule has 3 nitrogen and oxygen atoms in total. The number of thiophene rings is 1. The van der Waals surface area contributed by atoms with E-state index in [-0.39, 0.29) is 19.1 Å². The molecule has 0 bridgehead atoms. The highest BCUT2D eigenvalue weighted by Gasteiger charge is 2.32. The van der Waals surface area contributed by atoms with Crippen LogP contribution in [0.5, 0.6) is 17.2 Å². The number of rotatable bonds is 7. The standard InChI is InChI=1S/C35H24O3S/c1-4-18-36-23(3)10-11-24-12-16-30-29(20-24)35(33-21-26-8-6-7-9-32(26)39-33)34-28-22-27(37-19-5-2)15-13-25(28)14-17-31(34)38-30/h1-2,6-17,20-22,35H,3,18-19H2/b11-10-. The van der Waals surface area contributed by atoms with Gasteiger partial charge in [0, 0.05) is 20.7 Å². The van der Waals surface area contributed by atoms with Gasteiger partial charge in [0.1, 0.15) is 36.2 Å². The van der Waals surface area contributed by atoms with Gasteiger partial charge in [-0.25, -0.2) is 0 Å². The highest BCUT2D eigenvalue weighted by atomic mass is 32.1. The van der Waals surface area contributed by atoms with Gasteiger partial charge in [-0.1, -0.05) is 60.9 Å². The summed E-state index contributed by atoms with van der Waals surface area (Å²) in [4.78, 5) is 1.24. The minimum Gasteiger partial charge on any atom is -0.482 e. The number of hydrogen-bond acceptors (Lipinski definition) is 4. The van der Waals surface area contributed by atoms with E-state index in [4.69, 9.17) is 27.1 Å². The van der Waals surface area contributed by atoms with Crippen molar-refractivity contribution in [1.82, 2.24) is 0 Å². The molecule has 0 amide bonds. The Morgan fingerprint density at radius 2 is 1.74 bits per heavy atom. The van der Waals surface area contributed by atoms with Gasteiger partial charge in [0.15, 0.2) is 0 Å². The third kappa shape index (κ3) is 4.75. The Kier molecular flexibility index (Phi) is 6.55. The molecule has 4 heteroatoms. The van der Waals surface area contributed by atoms with E-state index in [1.54, 1.807) is 11.3 Å². The predicted molar refractivity (Wildman–Crippen MR) is 161 cm³/mol. The second kappa shape index (κ2) is 10.5. The molecule has 4 aromatic carbocycles. The Hall–Kier alpha value is -4.90. The number of hydrogen-bond donors (Lipinski definition) is 0. The van der Waals surface area contributed by atoms with Crippen LogP contribution in [0.1, 0.15) is 27.5 Å². The SMILES string of the molecule is C#CCOC(=C)/C=C\c1ccc2c(c1)C(c1cc3ccccc3s1)c1c(ccc3ccc(OCC#C)cc13)O2. The fourth-order valence-electron chi connectivity index (χ4n) is 4.98. The Morgan fingerprint density at radius 3 is 2.59 bits per heavy atom. The van der Waals surface area contributed by atoms with Crippen molar-refractivity contribution in [3.63, 3.8) is 0 Å². The molecule has 0 radical (unpaired) electrons. The zero-order valence-electron chi connectivity index (χ0n) is 21.1. The maximum absolute atomic E-state index is 6.51. The number of benzene rings is 4. The van der Waals surface area contributed by atoms with E-state index in [1.807, 2.05) is 30.4 Å². The number of fused-ring (bicyclic) bond motifs is 5. The van der Waals surface area contributed by atoms with Crippen molar-refractivity contribution in [3.05, 3.63) is 119 Å². The van der Waals surface area contributed by atoms with Crippen molar-refractivity contribution in [2.24, 2.45) is 0 Å². The molecule has 1 unspecified atom stereocenters. The van der Waals surface area contributed by atoms with E-state index in [2.05, 4.69) is 79.1 Å². The molecule has 0 spiro atoms. The number of allylic oxidation sites excluding steroid dienone is 1. The van der Waals surface area contributed by atoms with Crippen LogP contribution in [0.2, 0.25) is 0 Å². The van der Waals surface area contributed by atoms with Crippen LogP contribution >= 0.6 is 11.3 Å². The number of ether oxygens (including phenoxy) is 3. The van der Waals surface area contributed by atoms with Crippen LogP contribution in [0.15, 0.2) is 97.3 Å². The molecule has 1 aliphatic rings. The van der Waals surface area contributed by atoms with Crippen LogP contribution < -0.4 is 9.47 Å². The topological polar surface area (TPSA) is 27.7 Å². The van der Waals surface area contributed by atoms with Crippen LogP contribution in [0.3, 0.4) is 0 Å². The first-order valence-electron chi connectivity index (χ1n) is 12.5. The predicted octanol–water partition coefficient (Wildman–Crippen LogP) is 8.53. The summed E-state index contributed by atoms with van der Waals surface area (Å²) in [5.74, 6) is 7.89. The molecule has 5 aromatic rings. The number of terminal acetylenes is 2. The van der Waals surface area contributed by atoms with Gasteiger partial charge in [-0.15, -0.1) is 24.2 Å². The molecule has 2 heterocycles. The zero-order chi connectivity index (χ0) is 26.8. The Morgan fingerprint density at radius 1 is 0.923 bits per heavy atom. The maximum Gasteiger partial charge on any atom is 0.148 e. The lowest BCUT2D eigenvalue weighted by atomic mass is 9.83. The van der Waals surface area contributed by atoms with Crippen LogP contribution in [0.25, 0.3) is 26.9 Å². The van der Waals surface area contributed by atoms with Gasteiger partial charge < -0.3 is 14.2 Å². The molecule has 39 heavy (non-hydrogen) atoms. The zero-order valence-corrected chi connectivity index (χ0v) is 22.0. The van der Waals surface area contributed by atoms with Gasteiger partial charge in [-0.3, -0.25) is 0 Å². The fraction of sp³-hybridized carbons (Fsp3) is 0.0857. The quantitative estimate of drug-likeness (QED) is 0.119. The monoisotopic (exact) mass is 524 g/mol. The fourth-order valence-corrected chi connectivity index (χ4v) is 6.17. The largest absolute Gasteiger partial charge is 0.482 e. The molecule has 188 valence electrons. The van der Waals surface area contributed by atoms with E-state index in [0.29, 0.717) is 5.76 Å². The summed E-state index contributed by atoms with van der Waals surface area (Å²) in [6.07, 6.45) is 14.6. The molecule has 6 rings (SSSR count).